The van der Waals surface area contributed by atoms with Crippen LogP contribution in [0.25, 0.3) is 11.5 Å². The second-order valence-electron chi connectivity index (χ2n) is 6.10. The average Bonchev–Trinajstić information content (AvgIpc) is 3.22. The Labute approximate surface area is 127 Å². The fraction of sp³-hybridized carbons (Fsp3) is 0.467. The molecule has 1 atom stereocenters. The van der Waals surface area contributed by atoms with E-state index in [2.05, 4.69) is 15.1 Å². The molecule has 7 heteroatoms. The first-order chi connectivity index (χ1) is 10.6. The van der Waals surface area contributed by atoms with Gasteiger partial charge in [0.05, 0.1) is 13.1 Å². The monoisotopic (exact) mass is 302 g/mol. The molecule has 2 aromatic rings. The van der Waals surface area contributed by atoms with E-state index in [1.165, 1.54) is 0 Å². The van der Waals surface area contributed by atoms with Crippen LogP contribution in [0.3, 0.4) is 0 Å². The van der Waals surface area contributed by atoms with Crippen LogP contribution in [0.4, 0.5) is 4.79 Å². The third-order valence-corrected chi connectivity index (χ3v) is 4.34. The van der Waals surface area contributed by atoms with Crippen LogP contribution in [-0.2, 0) is 11.3 Å². The van der Waals surface area contributed by atoms with Crippen LogP contribution in [0.15, 0.2) is 28.8 Å². The molecule has 0 aromatic carbocycles. The number of rotatable bonds is 3. The maximum absolute atomic E-state index is 11.6. The van der Waals surface area contributed by atoms with Gasteiger partial charge in [-0.3, -0.25) is 10.00 Å². The Kier molecular flexibility index (Phi) is 2.97. The molecule has 1 N–H and O–H groups in total. The lowest BCUT2D eigenvalue weighted by atomic mass is 10.0. The molecular formula is C15H18N4O3. The van der Waals surface area contributed by atoms with Crippen molar-refractivity contribution < 1.29 is 13.9 Å². The van der Waals surface area contributed by atoms with Gasteiger partial charge in [-0.05, 0) is 18.2 Å². The molecular weight excluding hydrogens is 284 g/mol. The molecule has 0 bridgehead atoms. The highest BCUT2D eigenvalue weighted by Gasteiger charge is 2.48. The van der Waals surface area contributed by atoms with Crippen LogP contribution in [-0.4, -0.2) is 58.4 Å². The standard InChI is InChI=1S/C15H18N4O3/c1-18-9-15(22-14(18)20)5-7-19(10-15)8-11-2-3-13(21-11)12-4-6-16-17-12/h2-4,6H,5,7-10H2,1H3,(H,16,17)/t15-/m1/s1. The van der Waals surface area contributed by atoms with E-state index in [-0.39, 0.29) is 11.7 Å². The normalized spacial score (nSPS) is 25.3. The number of nitrogens with zero attached hydrogens (tertiary/aromatic N) is 3. The Morgan fingerprint density at radius 1 is 1.36 bits per heavy atom. The number of H-pyrrole nitrogens is 1. The third kappa shape index (κ3) is 2.27. The zero-order valence-corrected chi connectivity index (χ0v) is 12.4. The largest absolute Gasteiger partial charge is 0.458 e. The summed E-state index contributed by atoms with van der Waals surface area (Å²) in [6.07, 6.45) is 2.35. The summed E-state index contributed by atoms with van der Waals surface area (Å²) in [7, 11) is 1.78. The number of carbonyl (C=O) groups is 1. The Hall–Kier alpha value is -2.28. The lowest BCUT2D eigenvalue weighted by Crippen LogP contribution is -2.36. The first-order valence-corrected chi connectivity index (χ1v) is 7.39. The highest BCUT2D eigenvalue weighted by molar-refractivity contribution is 5.70. The van der Waals surface area contributed by atoms with Gasteiger partial charge in [-0.1, -0.05) is 0 Å². The minimum absolute atomic E-state index is 0.221. The van der Waals surface area contributed by atoms with Crippen LogP contribution < -0.4 is 0 Å². The maximum atomic E-state index is 11.6. The average molecular weight is 302 g/mol. The Bertz CT molecular complexity index is 681. The zero-order chi connectivity index (χ0) is 15.2. The molecule has 7 nitrogen and oxygen atoms in total. The molecule has 4 heterocycles. The molecule has 1 amide bonds. The number of aromatic nitrogens is 2. The van der Waals surface area contributed by atoms with E-state index >= 15 is 0 Å². The number of carbonyl (C=O) groups excluding carboxylic acids is 1. The van der Waals surface area contributed by atoms with E-state index in [0.29, 0.717) is 6.54 Å². The summed E-state index contributed by atoms with van der Waals surface area (Å²) in [6.45, 7) is 3.04. The second kappa shape index (κ2) is 4.88. The van der Waals surface area contributed by atoms with E-state index in [9.17, 15) is 4.79 Å². The molecule has 22 heavy (non-hydrogen) atoms. The Balaban J connectivity index is 1.42. The number of hydrogen-bond acceptors (Lipinski definition) is 5. The van der Waals surface area contributed by atoms with Crippen molar-refractivity contribution in [3.63, 3.8) is 0 Å². The molecule has 0 aliphatic carbocycles. The van der Waals surface area contributed by atoms with Crippen molar-refractivity contribution in [1.82, 2.24) is 20.0 Å². The number of hydrogen-bond donors (Lipinski definition) is 1. The van der Waals surface area contributed by atoms with Gasteiger partial charge in [0.25, 0.3) is 0 Å². The van der Waals surface area contributed by atoms with Gasteiger partial charge >= 0.3 is 6.09 Å². The van der Waals surface area contributed by atoms with Crippen LogP contribution in [0.5, 0.6) is 0 Å². The van der Waals surface area contributed by atoms with E-state index in [1.54, 1.807) is 18.1 Å². The fourth-order valence-electron chi connectivity index (χ4n) is 3.29. The lowest BCUT2D eigenvalue weighted by molar-refractivity contribution is 0.0621. The minimum atomic E-state index is -0.343. The Morgan fingerprint density at radius 2 is 2.27 bits per heavy atom. The Morgan fingerprint density at radius 3 is 3.00 bits per heavy atom. The zero-order valence-electron chi connectivity index (χ0n) is 12.4. The molecule has 2 aliphatic rings. The van der Waals surface area contributed by atoms with Crippen molar-refractivity contribution in [2.45, 2.75) is 18.6 Å². The molecule has 1 spiro atoms. The predicted octanol–water partition coefficient (Wildman–Crippen LogP) is 1.70. The van der Waals surface area contributed by atoms with Crippen LogP contribution in [0, 0.1) is 0 Å². The maximum Gasteiger partial charge on any atom is 0.410 e. The topological polar surface area (TPSA) is 74.6 Å². The lowest BCUT2D eigenvalue weighted by Gasteiger charge is -2.21. The van der Waals surface area contributed by atoms with E-state index in [4.69, 9.17) is 9.15 Å². The fourth-order valence-corrected chi connectivity index (χ4v) is 3.29. The molecule has 4 rings (SSSR count). The number of nitrogens with one attached hydrogen (secondary N) is 1. The van der Waals surface area contributed by atoms with Gasteiger partial charge in [0.2, 0.25) is 0 Å². The van der Waals surface area contributed by atoms with Crippen molar-refractivity contribution in [2.75, 3.05) is 26.7 Å². The summed E-state index contributed by atoms with van der Waals surface area (Å²) in [6, 6.07) is 5.80. The summed E-state index contributed by atoms with van der Waals surface area (Å²) < 4.78 is 11.4. The van der Waals surface area contributed by atoms with E-state index in [0.717, 1.165) is 43.3 Å². The van der Waals surface area contributed by atoms with Crippen molar-refractivity contribution in [3.8, 4) is 11.5 Å². The highest BCUT2D eigenvalue weighted by Crippen LogP contribution is 2.32. The third-order valence-electron chi connectivity index (χ3n) is 4.34. The first kappa shape index (κ1) is 13.4. The molecule has 116 valence electrons. The van der Waals surface area contributed by atoms with Crippen LogP contribution in [0.1, 0.15) is 12.2 Å². The summed E-state index contributed by atoms with van der Waals surface area (Å²) in [5, 5.41) is 6.81. The minimum Gasteiger partial charge on any atom is -0.458 e. The molecule has 2 saturated heterocycles. The molecule has 0 unspecified atom stereocenters. The van der Waals surface area contributed by atoms with Gasteiger partial charge in [0, 0.05) is 32.8 Å². The summed E-state index contributed by atoms with van der Waals surface area (Å²) >= 11 is 0. The number of likely N-dealkylation sites (N-methyl/N-ethyl adjacent to an activating group) is 1. The van der Waals surface area contributed by atoms with Gasteiger partial charge in [-0.15, -0.1) is 0 Å². The molecule has 2 aliphatic heterocycles. The number of likely N-dealkylation sites (tertiary alicyclic amines) is 1. The number of furan rings is 1. The first-order valence-electron chi connectivity index (χ1n) is 7.39. The van der Waals surface area contributed by atoms with Gasteiger partial charge in [0.1, 0.15) is 17.1 Å². The summed E-state index contributed by atoms with van der Waals surface area (Å²) in [5.41, 5.74) is 0.528. The van der Waals surface area contributed by atoms with Crippen molar-refractivity contribution >= 4 is 6.09 Å². The predicted molar refractivity (Wildman–Crippen MR) is 78.0 cm³/mol. The smallest absolute Gasteiger partial charge is 0.410 e. The quantitative estimate of drug-likeness (QED) is 0.934. The van der Waals surface area contributed by atoms with Crippen molar-refractivity contribution in [1.29, 1.82) is 0 Å². The molecule has 0 saturated carbocycles. The van der Waals surface area contributed by atoms with Gasteiger partial charge in [0.15, 0.2) is 5.76 Å². The van der Waals surface area contributed by atoms with Gasteiger partial charge < -0.3 is 14.1 Å². The van der Waals surface area contributed by atoms with Gasteiger partial charge in [-0.25, -0.2) is 4.79 Å². The van der Waals surface area contributed by atoms with Crippen LogP contribution in [0.2, 0.25) is 0 Å². The summed E-state index contributed by atoms with van der Waals surface area (Å²) in [5.74, 6) is 1.69. The van der Waals surface area contributed by atoms with Crippen LogP contribution >= 0.6 is 0 Å². The van der Waals surface area contributed by atoms with Crippen molar-refractivity contribution in [2.24, 2.45) is 0 Å². The van der Waals surface area contributed by atoms with E-state index in [1.807, 2.05) is 18.2 Å². The number of amides is 1. The number of aromatic amines is 1. The second-order valence-corrected chi connectivity index (χ2v) is 6.10. The van der Waals surface area contributed by atoms with E-state index < -0.39 is 0 Å². The molecule has 0 radical (unpaired) electrons. The van der Waals surface area contributed by atoms with Gasteiger partial charge in [-0.2, -0.15) is 5.10 Å². The highest BCUT2D eigenvalue weighted by atomic mass is 16.6. The number of ether oxygens (including phenoxy) is 1. The SMILES string of the molecule is CN1C[C@@]2(CCN(Cc3ccc(-c4ccn[nH]4)o3)C2)OC1=O. The molecule has 2 fully saturated rings. The summed E-state index contributed by atoms with van der Waals surface area (Å²) in [4.78, 5) is 15.5. The van der Waals surface area contributed by atoms with Crippen molar-refractivity contribution in [3.05, 3.63) is 30.2 Å². The molecule has 2 aromatic heterocycles.